The van der Waals surface area contributed by atoms with Crippen LogP contribution in [0.15, 0.2) is 42.6 Å². The van der Waals surface area contributed by atoms with Gasteiger partial charge >= 0.3 is 0 Å². The molecule has 0 radical (unpaired) electrons. The highest BCUT2D eigenvalue weighted by Crippen LogP contribution is 2.19. The minimum atomic E-state index is -0.00880. The number of carbonyl (C=O) groups is 1. The number of morpholine rings is 1. The number of methoxy groups -OCH3 is 1. The van der Waals surface area contributed by atoms with Gasteiger partial charge in [-0.3, -0.25) is 4.79 Å². The molecule has 1 aliphatic heterocycles. The molecule has 2 atom stereocenters. The quantitative estimate of drug-likeness (QED) is 0.883. The highest BCUT2D eigenvalue weighted by atomic mass is 35.5. The van der Waals surface area contributed by atoms with E-state index >= 15 is 0 Å². The smallest absolute Gasteiger partial charge is 0.255 e. The topological polar surface area (TPSA) is 63.7 Å². The Morgan fingerprint density at radius 3 is 2.35 bits per heavy atom. The lowest BCUT2D eigenvalue weighted by molar-refractivity contribution is -0.0586. The van der Waals surface area contributed by atoms with Gasteiger partial charge in [0.15, 0.2) is 0 Å². The summed E-state index contributed by atoms with van der Waals surface area (Å²) < 4.78 is 10.8. The van der Waals surface area contributed by atoms with Gasteiger partial charge < -0.3 is 19.7 Å². The van der Waals surface area contributed by atoms with Gasteiger partial charge in [0.1, 0.15) is 11.6 Å². The molecule has 1 fully saturated rings. The van der Waals surface area contributed by atoms with Crippen LogP contribution in [0.2, 0.25) is 0 Å². The molecule has 26 heavy (non-hydrogen) atoms. The summed E-state index contributed by atoms with van der Waals surface area (Å²) in [5.41, 5.74) is 1.49. The molecule has 2 aromatic rings. The summed E-state index contributed by atoms with van der Waals surface area (Å²) in [6, 6.07) is 11.2. The van der Waals surface area contributed by atoms with Gasteiger partial charge in [0.05, 0.1) is 24.9 Å². The Hall–Kier alpha value is -2.31. The molecule has 140 valence electrons. The number of amides is 1. The molecular weight excluding hydrogens is 354 g/mol. The molecule has 1 aromatic carbocycles. The number of rotatable bonds is 4. The second-order valence-corrected chi connectivity index (χ2v) is 6.25. The minimum absolute atomic E-state index is 0. The summed E-state index contributed by atoms with van der Waals surface area (Å²) in [5, 5.41) is 3.20. The maximum Gasteiger partial charge on any atom is 0.255 e. The molecule has 2 unspecified atom stereocenters. The fraction of sp³-hybridized carbons (Fsp3) is 0.368. The van der Waals surface area contributed by atoms with Crippen LogP contribution >= 0.6 is 12.4 Å². The molecular formula is C19H24ClN3O3. The van der Waals surface area contributed by atoms with Gasteiger partial charge in [0.25, 0.3) is 5.91 Å². The number of hydrogen-bond donors (Lipinski definition) is 1. The third kappa shape index (κ3) is 4.86. The fourth-order valence-corrected chi connectivity index (χ4v) is 2.94. The van der Waals surface area contributed by atoms with E-state index in [4.69, 9.17) is 9.47 Å². The standard InChI is InChI=1S/C19H23N3O3.ClH/c1-13-11-22(12-14(2)25-13)19(23)15-4-9-18(20-10-15)21-16-5-7-17(24-3)8-6-16;/h4-10,13-14H,11-12H2,1-3H3,(H,20,21);1H. The van der Waals surface area contributed by atoms with E-state index in [9.17, 15) is 4.79 Å². The summed E-state index contributed by atoms with van der Waals surface area (Å²) >= 11 is 0. The number of carbonyl (C=O) groups excluding carboxylic acids is 1. The maximum atomic E-state index is 12.6. The minimum Gasteiger partial charge on any atom is -0.497 e. The molecule has 7 heteroatoms. The third-order valence-corrected chi connectivity index (χ3v) is 4.08. The molecule has 1 aliphatic rings. The lowest BCUT2D eigenvalue weighted by Gasteiger charge is -2.35. The van der Waals surface area contributed by atoms with Crippen molar-refractivity contribution in [3.05, 3.63) is 48.2 Å². The molecule has 3 rings (SSSR count). The summed E-state index contributed by atoms with van der Waals surface area (Å²) in [5.74, 6) is 1.48. The van der Waals surface area contributed by atoms with Gasteiger partial charge in [-0.05, 0) is 50.2 Å². The van der Waals surface area contributed by atoms with Crippen LogP contribution in [-0.4, -0.2) is 48.2 Å². The van der Waals surface area contributed by atoms with Crippen molar-refractivity contribution in [2.75, 3.05) is 25.5 Å². The summed E-state index contributed by atoms with van der Waals surface area (Å²) in [6.07, 6.45) is 1.72. The largest absolute Gasteiger partial charge is 0.497 e. The second-order valence-electron chi connectivity index (χ2n) is 6.25. The molecule has 0 spiro atoms. The zero-order valence-corrected chi connectivity index (χ0v) is 16.0. The third-order valence-electron chi connectivity index (χ3n) is 4.08. The van der Waals surface area contributed by atoms with Crippen LogP contribution in [0.5, 0.6) is 5.75 Å². The molecule has 1 amide bonds. The number of benzene rings is 1. The van der Waals surface area contributed by atoms with Crippen molar-refractivity contribution in [2.24, 2.45) is 0 Å². The Bertz CT molecular complexity index is 712. The first-order valence-corrected chi connectivity index (χ1v) is 8.37. The average molecular weight is 378 g/mol. The molecule has 1 N–H and O–H groups in total. The molecule has 0 bridgehead atoms. The summed E-state index contributed by atoms with van der Waals surface area (Å²) in [7, 11) is 1.63. The maximum absolute atomic E-state index is 12.6. The van der Waals surface area contributed by atoms with Crippen LogP contribution in [0.25, 0.3) is 0 Å². The van der Waals surface area contributed by atoms with Crippen LogP contribution < -0.4 is 10.1 Å². The van der Waals surface area contributed by atoms with Crippen molar-refractivity contribution in [3.8, 4) is 5.75 Å². The monoisotopic (exact) mass is 377 g/mol. The Morgan fingerprint density at radius 1 is 1.15 bits per heavy atom. The zero-order chi connectivity index (χ0) is 17.8. The van der Waals surface area contributed by atoms with Crippen molar-refractivity contribution < 1.29 is 14.3 Å². The van der Waals surface area contributed by atoms with E-state index in [1.54, 1.807) is 19.4 Å². The first kappa shape index (κ1) is 20.0. The number of halogens is 1. The number of aromatic nitrogens is 1. The van der Waals surface area contributed by atoms with Crippen LogP contribution in [0.4, 0.5) is 11.5 Å². The molecule has 0 aliphatic carbocycles. The van der Waals surface area contributed by atoms with E-state index in [2.05, 4.69) is 10.3 Å². The van der Waals surface area contributed by atoms with Gasteiger partial charge in [0, 0.05) is 25.0 Å². The van der Waals surface area contributed by atoms with E-state index < -0.39 is 0 Å². The van der Waals surface area contributed by atoms with Crippen molar-refractivity contribution in [1.29, 1.82) is 0 Å². The SMILES string of the molecule is COc1ccc(Nc2ccc(C(=O)N3CC(C)OC(C)C3)cn2)cc1.Cl. The Kier molecular flexibility index (Phi) is 6.83. The van der Waals surface area contributed by atoms with E-state index in [1.165, 1.54) is 0 Å². The van der Waals surface area contributed by atoms with E-state index in [0.29, 0.717) is 24.5 Å². The predicted molar refractivity (Wildman–Crippen MR) is 104 cm³/mol. The van der Waals surface area contributed by atoms with Crippen LogP contribution in [0.1, 0.15) is 24.2 Å². The highest BCUT2D eigenvalue weighted by molar-refractivity contribution is 5.94. The number of nitrogens with zero attached hydrogens (tertiary/aromatic N) is 2. The van der Waals surface area contributed by atoms with Gasteiger partial charge in [-0.2, -0.15) is 0 Å². The zero-order valence-electron chi connectivity index (χ0n) is 15.1. The number of hydrogen-bond acceptors (Lipinski definition) is 5. The average Bonchev–Trinajstić information content (AvgIpc) is 2.61. The molecule has 1 saturated heterocycles. The Balaban J connectivity index is 0.00000243. The first-order chi connectivity index (χ1) is 12.0. The van der Waals surface area contributed by atoms with Crippen LogP contribution in [-0.2, 0) is 4.74 Å². The van der Waals surface area contributed by atoms with Gasteiger partial charge in [-0.15, -0.1) is 12.4 Å². The Labute approximate surface area is 159 Å². The number of nitrogens with one attached hydrogen (secondary N) is 1. The lowest BCUT2D eigenvalue weighted by atomic mass is 10.2. The second kappa shape index (κ2) is 8.87. The van der Waals surface area contributed by atoms with Crippen LogP contribution in [0, 0.1) is 0 Å². The summed E-state index contributed by atoms with van der Waals surface area (Å²) in [6.45, 7) is 5.18. The number of anilines is 2. The van der Waals surface area contributed by atoms with E-state index in [1.807, 2.05) is 49.1 Å². The molecule has 2 heterocycles. The first-order valence-electron chi connectivity index (χ1n) is 8.37. The molecule has 1 aromatic heterocycles. The van der Waals surface area contributed by atoms with Crippen molar-refractivity contribution in [1.82, 2.24) is 9.88 Å². The van der Waals surface area contributed by atoms with Crippen LogP contribution in [0.3, 0.4) is 0 Å². The summed E-state index contributed by atoms with van der Waals surface area (Å²) in [4.78, 5) is 18.8. The number of pyridine rings is 1. The van der Waals surface area contributed by atoms with Crippen molar-refractivity contribution >= 4 is 29.8 Å². The van der Waals surface area contributed by atoms with Gasteiger partial charge in [0.2, 0.25) is 0 Å². The van der Waals surface area contributed by atoms with Crippen molar-refractivity contribution in [2.45, 2.75) is 26.1 Å². The fourth-order valence-electron chi connectivity index (χ4n) is 2.94. The normalized spacial score (nSPS) is 19.4. The number of ether oxygens (including phenoxy) is 2. The van der Waals surface area contributed by atoms with E-state index in [-0.39, 0.29) is 30.5 Å². The Morgan fingerprint density at radius 2 is 1.81 bits per heavy atom. The lowest BCUT2D eigenvalue weighted by Crippen LogP contribution is -2.48. The highest BCUT2D eigenvalue weighted by Gasteiger charge is 2.26. The van der Waals surface area contributed by atoms with Gasteiger partial charge in [-0.1, -0.05) is 0 Å². The predicted octanol–water partition coefficient (Wildman–Crippen LogP) is 3.51. The van der Waals surface area contributed by atoms with Crippen molar-refractivity contribution in [3.63, 3.8) is 0 Å². The van der Waals surface area contributed by atoms with E-state index in [0.717, 1.165) is 11.4 Å². The molecule has 0 saturated carbocycles. The molecule has 6 nitrogen and oxygen atoms in total. The van der Waals surface area contributed by atoms with Gasteiger partial charge in [-0.25, -0.2) is 4.98 Å².